The Kier molecular flexibility index (Phi) is 5.68. The Morgan fingerprint density at radius 3 is 2.68 bits per heavy atom. The molecule has 0 aromatic rings. The molecule has 2 aliphatic rings. The average molecular weight is 261 g/mol. The van der Waals surface area contributed by atoms with E-state index in [9.17, 15) is 0 Å². The van der Waals surface area contributed by atoms with E-state index < -0.39 is 0 Å². The highest BCUT2D eigenvalue weighted by Crippen LogP contribution is 2.35. The van der Waals surface area contributed by atoms with E-state index in [1.165, 1.54) is 50.0 Å². The predicted molar refractivity (Wildman–Crippen MR) is 81.3 cm³/mol. The molecule has 1 heterocycles. The first-order valence-electron chi connectivity index (χ1n) is 7.89. The van der Waals surface area contributed by atoms with Gasteiger partial charge in [-0.05, 0) is 63.9 Å². The number of aliphatic imine (C=N–C) groups is 1. The van der Waals surface area contributed by atoms with Crippen LogP contribution in [0.4, 0.5) is 0 Å². The number of nitrogens with zero attached hydrogens (tertiary/aromatic N) is 1. The van der Waals surface area contributed by atoms with E-state index in [4.69, 9.17) is 4.74 Å². The summed E-state index contributed by atoms with van der Waals surface area (Å²) in [5, 5.41) is 0. The van der Waals surface area contributed by atoms with Gasteiger partial charge in [-0.3, -0.25) is 4.99 Å². The van der Waals surface area contributed by atoms with Crippen LogP contribution in [0.5, 0.6) is 0 Å². The van der Waals surface area contributed by atoms with Crippen LogP contribution < -0.4 is 0 Å². The van der Waals surface area contributed by atoms with Gasteiger partial charge in [0.1, 0.15) is 0 Å². The predicted octanol–water partition coefficient (Wildman–Crippen LogP) is 4.87. The highest BCUT2D eigenvalue weighted by Gasteiger charge is 2.27. The number of rotatable bonds is 5. The summed E-state index contributed by atoms with van der Waals surface area (Å²) in [7, 11) is 0. The summed E-state index contributed by atoms with van der Waals surface area (Å²) in [4.78, 5) is 4.59. The van der Waals surface area contributed by atoms with Gasteiger partial charge >= 0.3 is 0 Å². The molecule has 1 fully saturated rings. The molecule has 0 aromatic heterocycles. The molecular formula is C17H27NO. The lowest BCUT2D eigenvalue weighted by molar-refractivity contribution is 0.166. The number of hydrogen-bond donors (Lipinski definition) is 0. The molecule has 0 amide bonds. The molecule has 0 N–H and O–H groups in total. The lowest BCUT2D eigenvalue weighted by Gasteiger charge is -2.31. The third-order valence-corrected chi connectivity index (χ3v) is 4.23. The topological polar surface area (TPSA) is 21.6 Å². The molecular weight excluding hydrogens is 234 g/mol. The normalized spacial score (nSPS) is 28.1. The molecule has 0 bridgehead atoms. The van der Waals surface area contributed by atoms with E-state index in [0.717, 1.165) is 18.9 Å². The van der Waals surface area contributed by atoms with Crippen molar-refractivity contribution in [2.75, 3.05) is 6.61 Å². The number of hydrogen-bond acceptors (Lipinski definition) is 2. The molecule has 0 spiro atoms. The monoisotopic (exact) mass is 261 g/mol. The van der Waals surface area contributed by atoms with Gasteiger partial charge in [0.05, 0.1) is 12.4 Å². The molecule has 0 unspecified atom stereocenters. The Hall–Kier alpha value is -1.05. The second-order valence-electron chi connectivity index (χ2n) is 5.54. The average Bonchev–Trinajstić information content (AvgIpc) is 2.48. The maximum atomic E-state index is 5.82. The fraction of sp³-hybridized carbons (Fsp3) is 0.706. The minimum Gasteiger partial charge on any atom is -0.498 e. The summed E-state index contributed by atoms with van der Waals surface area (Å²) in [6.45, 7) is 5.06. The largest absolute Gasteiger partial charge is 0.498 e. The van der Waals surface area contributed by atoms with Crippen LogP contribution in [0.1, 0.15) is 58.8 Å². The minimum absolute atomic E-state index is 0.649. The first-order chi connectivity index (χ1) is 9.35. The lowest BCUT2D eigenvalue weighted by atomic mass is 9.77. The van der Waals surface area contributed by atoms with Crippen molar-refractivity contribution in [3.8, 4) is 0 Å². The highest BCUT2D eigenvalue weighted by molar-refractivity contribution is 5.88. The van der Waals surface area contributed by atoms with Crippen LogP contribution in [-0.4, -0.2) is 12.3 Å². The van der Waals surface area contributed by atoms with Crippen molar-refractivity contribution in [2.24, 2.45) is 16.8 Å². The standard InChI is InChI=1S/C17H27NO/c1-3-7-17(19-4-2)15-11-9-14(10-12-15)16-8-5-6-13-18-16/h6-7,13-15H,3-5,8-12H2,1-2H3. The number of allylic oxidation sites excluding steroid dienone is 3. The zero-order valence-corrected chi connectivity index (χ0v) is 12.4. The summed E-state index contributed by atoms with van der Waals surface area (Å²) >= 11 is 0. The molecule has 0 saturated heterocycles. The second kappa shape index (κ2) is 7.52. The fourth-order valence-corrected chi connectivity index (χ4v) is 3.25. The van der Waals surface area contributed by atoms with Crippen molar-refractivity contribution in [1.29, 1.82) is 0 Å². The highest BCUT2D eigenvalue weighted by atomic mass is 16.5. The van der Waals surface area contributed by atoms with Gasteiger partial charge < -0.3 is 4.74 Å². The first kappa shape index (κ1) is 14.4. The summed E-state index contributed by atoms with van der Waals surface area (Å²) in [5.41, 5.74) is 1.44. The van der Waals surface area contributed by atoms with Gasteiger partial charge in [0.2, 0.25) is 0 Å². The van der Waals surface area contributed by atoms with E-state index in [1.54, 1.807) is 0 Å². The third kappa shape index (κ3) is 3.95. The van der Waals surface area contributed by atoms with Crippen molar-refractivity contribution in [1.82, 2.24) is 0 Å². The number of ether oxygens (including phenoxy) is 1. The van der Waals surface area contributed by atoms with Crippen molar-refractivity contribution in [3.05, 3.63) is 24.1 Å². The van der Waals surface area contributed by atoms with E-state index in [2.05, 4.69) is 31.0 Å². The van der Waals surface area contributed by atoms with Crippen LogP contribution in [0.25, 0.3) is 0 Å². The Morgan fingerprint density at radius 2 is 2.11 bits per heavy atom. The van der Waals surface area contributed by atoms with Gasteiger partial charge in [0, 0.05) is 17.8 Å². The molecule has 2 heteroatoms. The van der Waals surface area contributed by atoms with E-state index in [0.29, 0.717) is 5.92 Å². The maximum absolute atomic E-state index is 5.82. The van der Waals surface area contributed by atoms with Crippen molar-refractivity contribution >= 4 is 5.71 Å². The summed E-state index contributed by atoms with van der Waals surface area (Å²) < 4.78 is 5.82. The molecule has 0 aromatic carbocycles. The van der Waals surface area contributed by atoms with E-state index >= 15 is 0 Å². The third-order valence-electron chi connectivity index (χ3n) is 4.23. The van der Waals surface area contributed by atoms with E-state index in [1.807, 2.05) is 6.20 Å². The summed E-state index contributed by atoms with van der Waals surface area (Å²) in [6.07, 6.45) is 15.0. The van der Waals surface area contributed by atoms with Gasteiger partial charge in [-0.1, -0.05) is 13.0 Å². The Morgan fingerprint density at radius 1 is 1.32 bits per heavy atom. The van der Waals surface area contributed by atoms with Crippen LogP contribution in [0.15, 0.2) is 29.1 Å². The summed E-state index contributed by atoms with van der Waals surface area (Å²) in [6, 6.07) is 0. The molecule has 0 radical (unpaired) electrons. The SMILES string of the molecule is CCC=C(OCC)C1CCC(C2=NC=CCC2)CC1. The molecule has 0 atom stereocenters. The first-order valence-corrected chi connectivity index (χ1v) is 7.89. The van der Waals surface area contributed by atoms with Crippen LogP contribution in [0.3, 0.4) is 0 Å². The van der Waals surface area contributed by atoms with Crippen molar-refractivity contribution < 1.29 is 4.74 Å². The Balaban J connectivity index is 1.89. The lowest BCUT2D eigenvalue weighted by Crippen LogP contribution is -2.24. The van der Waals surface area contributed by atoms with Crippen LogP contribution in [0, 0.1) is 11.8 Å². The maximum Gasteiger partial charge on any atom is 0.0950 e. The molecule has 1 saturated carbocycles. The Bertz CT molecular complexity index is 359. The van der Waals surface area contributed by atoms with Gasteiger partial charge in [0.15, 0.2) is 0 Å². The minimum atomic E-state index is 0.649. The van der Waals surface area contributed by atoms with Crippen molar-refractivity contribution in [2.45, 2.75) is 58.8 Å². The van der Waals surface area contributed by atoms with Gasteiger partial charge in [-0.2, -0.15) is 0 Å². The van der Waals surface area contributed by atoms with Crippen LogP contribution in [-0.2, 0) is 4.74 Å². The Labute approximate surface area is 117 Å². The molecule has 19 heavy (non-hydrogen) atoms. The molecule has 1 aliphatic heterocycles. The summed E-state index contributed by atoms with van der Waals surface area (Å²) in [5.74, 6) is 2.62. The van der Waals surface area contributed by atoms with Gasteiger partial charge in [-0.25, -0.2) is 0 Å². The van der Waals surface area contributed by atoms with Crippen LogP contribution in [0.2, 0.25) is 0 Å². The zero-order valence-electron chi connectivity index (χ0n) is 12.4. The zero-order chi connectivity index (χ0) is 13.5. The molecule has 2 rings (SSSR count). The quantitative estimate of drug-likeness (QED) is 0.647. The molecule has 1 aliphatic carbocycles. The van der Waals surface area contributed by atoms with Gasteiger partial charge in [-0.15, -0.1) is 0 Å². The van der Waals surface area contributed by atoms with Crippen LogP contribution >= 0.6 is 0 Å². The van der Waals surface area contributed by atoms with E-state index in [-0.39, 0.29) is 0 Å². The van der Waals surface area contributed by atoms with Gasteiger partial charge in [0.25, 0.3) is 0 Å². The van der Waals surface area contributed by atoms with Crippen molar-refractivity contribution in [3.63, 3.8) is 0 Å². The second-order valence-corrected chi connectivity index (χ2v) is 5.54. The molecule has 106 valence electrons. The fourth-order valence-electron chi connectivity index (χ4n) is 3.25. The smallest absolute Gasteiger partial charge is 0.0950 e. The molecule has 2 nitrogen and oxygen atoms in total.